The van der Waals surface area contributed by atoms with Crippen LogP contribution in [-0.2, 0) is 6.61 Å². The van der Waals surface area contributed by atoms with Gasteiger partial charge in [-0.05, 0) is 75.2 Å². The number of hydrogen-bond donors (Lipinski definition) is 2. The lowest BCUT2D eigenvalue weighted by atomic mass is 9.69. The second kappa shape index (κ2) is 9.25. The topological polar surface area (TPSA) is 85.6 Å². The summed E-state index contributed by atoms with van der Waals surface area (Å²) in [7, 11) is 0. The summed E-state index contributed by atoms with van der Waals surface area (Å²) >= 11 is 8.20. The van der Waals surface area contributed by atoms with E-state index in [-0.39, 0.29) is 12.5 Å². The Morgan fingerprint density at radius 2 is 1.68 bits per heavy atom. The van der Waals surface area contributed by atoms with Crippen molar-refractivity contribution in [3.05, 3.63) is 29.2 Å². The third kappa shape index (κ3) is 4.52. The van der Waals surface area contributed by atoms with E-state index in [4.69, 9.17) is 21.6 Å². The summed E-state index contributed by atoms with van der Waals surface area (Å²) in [5.74, 6) is 2.57. The van der Waals surface area contributed by atoms with Crippen molar-refractivity contribution in [3.63, 3.8) is 0 Å². The molecule has 2 aromatic heterocycles. The molecule has 0 aromatic carbocycles. The fourth-order valence-electron chi connectivity index (χ4n) is 7.02. The molecule has 2 aliphatic heterocycles. The van der Waals surface area contributed by atoms with Gasteiger partial charge in [-0.2, -0.15) is 0 Å². The highest BCUT2D eigenvalue weighted by Gasteiger charge is 2.60. The van der Waals surface area contributed by atoms with E-state index < -0.39 is 5.60 Å². The van der Waals surface area contributed by atoms with Crippen LogP contribution in [0.25, 0.3) is 0 Å². The Labute approximate surface area is 229 Å². The summed E-state index contributed by atoms with van der Waals surface area (Å²) in [6, 6.07) is 1.89. The Balaban J connectivity index is 1.14. The van der Waals surface area contributed by atoms with Gasteiger partial charge in [-0.15, -0.1) is 0 Å². The molecule has 2 N–H and O–H groups in total. The zero-order valence-corrected chi connectivity index (χ0v) is 23.7. The Morgan fingerprint density at radius 1 is 1.03 bits per heavy atom. The van der Waals surface area contributed by atoms with Crippen molar-refractivity contribution in [1.29, 1.82) is 0 Å². The zero-order chi connectivity index (χ0) is 26.0. The highest BCUT2D eigenvalue weighted by Crippen LogP contribution is 2.69. The predicted molar refractivity (Wildman–Crippen MR) is 147 cm³/mol. The quantitative estimate of drug-likeness (QED) is 0.516. The molecule has 0 radical (unpaired) electrons. The molecule has 2 spiro atoms. The van der Waals surface area contributed by atoms with Gasteiger partial charge in [-0.3, -0.25) is 0 Å². The molecule has 0 bridgehead atoms. The average Bonchev–Trinajstić information content (AvgIpc) is 3.59. The van der Waals surface area contributed by atoms with Gasteiger partial charge in [0, 0.05) is 43.2 Å². The normalized spacial score (nSPS) is 24.6. The molecule has 2 saturated carbocycles. The van der Waals surface area contributed by atoms with E-state index in [9.17, 15) is 10.2 Å². The minimum atomic E-state index is -0.711. The van der Waals surface area contributed by atoms with Crippen molar-refractivity contribution in [2.75, 3.05) is 36.0 Å². The van der Waals surface area contributed by atoms with E-state index in [1.54, 1.807) is 12.4 Å². The van der Waals surface area contributed by atoms with E-state index in [0.29, 0.717) is 26.6 Å². The summed E-state index contributed by atoms with van der Waals surface area (Å²) in [4.78, 5) is 19.3. The standard InChI is InChI=1S/C28H38ClN5O2S/c1-18-27(5-6-27)7-8-28(18)9-12-33(13-10-28)24-20(17-35)32-22(14-31-24)37-21-4-11-30-25(23(21)29)34-15-19(16-34)26(2,3)36/h4,11,14,18-19,35-36H,5-10,12-13,15-17H2,1-3H3/t18-/m1/s1. The number of hydrogen-bond acceptors (Lipinski definition) is 8. The molecule has 4 aliphatic rings. The molecular formula is C28H38ClN5O2S. The molecule has 200 valence electrons. The van der Waals surface area contributed by atoms with Gasteiger partial charge in [-0.1, -0.05) is 30.3 Å². The van der Waals surface area contributed by atoms with Crippen LogP contribution >= 0.6 is 23.4 Å². The summed E-state index contributed by atoms with van der Waals surface area (Å²) < 4.78 is 0. The minimum Gasteiger partial charge on any atom is -0.390 e. The number of anilines is 2. The minimum absolute atomic E-state index is 0.140. The molecule has 0 unspecified atom stereocenters. The number of nitrogens with zero attached hydrogens (tertiary/aromatic N) is 5. The first-order valence-corrected chi connectivity index (χ1v) is 14.8. The Hall–Kier alpha value is -1.61. The van der Waals surface area contributed by atoms with Gasteiger partial charge in [0.2, 0.25) is 0 Å². The van der Waals surface area contributed by atoms with Gasteiger partial charge in [-0.25, -0.2) is 15.0 Å². The number of aliphatic hydroxyl groups excluding tert-OH is 1. The molecule has 2 saturated heterocycles. The summed E-state index contributed by atoms with van der Waals surface area (Å²) in [6.45, 7) is 9.47. The number of aromatic nitrogens is 3. The first-order valence-electron chi connectivity index (χ1n) is 13.7. The number of piperidine rings is 1. The van der Waals surface area contributed by atoms with Crippen LogP contribution in [0, 0.1) is 22.7 Å². The second-order valence-corrected chi connectivity index (χ2v) is 13.8. The molecule has 2 aromatic rings. The highest BCUT2D eigenvalue weighted by molar-refractivity contribution is 7.99. The van der Waals surface area contributed by atoms with Crippen molar-refractivity contribution in [3.8, 4) is 0 Å². The van der Waals surface area contributed by atoms with Crippen LogP contribution < -0.4 is 9.80 Å². The SMILES string of the molecule is C[C@H]1C2(CCN(c3ncc(Sc4ccnc(N5CC(C(C)(C)O)C5)c4Cl)nc3CO)CC2)CCC12CC2. The number of halogens is 1. The van der Waals surface area contributed by atoms with E-state index in [2.05, 4.69) is 21.7 Å². The fraction of sp³-hybridized carbons (Fsp3) is 0.679. The van der Waals surface area contributed by atoms with Gasteiger partial charge in [0.1, 0.15) is 16.5 Å². The van der Waals surface area contributed by atoms with E-state index >= 15 is 0 Å². The summed E-state index contributed by atoms with van der Waals surface area (Å²) in [5, 5.41) is 21.7. The first kappa shape index (κ1) is 25.7. The molecule has 37 heavy (non-hydrogen) atoms. The maximum Gasteiger partial charge on any atom is 0.152 e. The van der Waals surface area contributed by atoms with Gasteiger partial charge in [0.15, 0.2) is 5.82 Å². The maximum atomic E-state index is 10.3. The molecular weight excluding hydrogens is 506 g/mol. The third-order valence-corrected chi connectivity index (χ3v) is 11.5. The van der Waals surface area contributed by atoms with Crippen molar-refractivity contribution >= 4 is 35.0 Å². The van der Waals surface area contributed by atoms with Gasteiger partial charge < -0.3 is 20.0 Å². The lowest BCUT2D eigenvalue weighted by molar-refractivity contribution is 0.00438. The Morgan fingerprint density at radius 3 is 2.30 bits per heavy atom. The summed E-state index contributed by atoms with van der Waals surface area (Å²) in [5.41, 5.74) is 1.07. The van der Waals surface area contributed by atoms with E-state index in [1.807, 2.05) is 19.9 Å². The third-order valence-electron chi connectivity index (χ3n) is 10.1. The van der Waals surface area contributed by atoms with Crippen LogP contribution in [-0.4, -0.2) is 56.9 Å². The number of rotatable bonds is 6. The molecule has 6 rings (SSSR count). The highest BCUT2D eigenvalue weighted by atomic mass is 35.5. The van der Waals surface area contributed by atoms with Crippen LogP contribution in [0.4, 0.5) is 11.6 Å². The Kier molecular flexibility index (Phi) is 6.41. The predicted octanol–water partition coefficient (Wildman–Crippen LogP) is 5.17. The van der Waals surface area contributed by atoms with Crippen molar-refractivity contribution < 1.29 is 10.2 Å². The van der Waals surface area contributed by atoms with Crippen LogP contribution in [0.5, 0.6) is 0 Å². The molecule has 9 heteroatoms. The van der Waals surface area contributed by atoms with Gasteiger partial charge >= 0.3 is 0 Å². The fourth-order valence-corrected chi connectivity index (χ4v) is 8.16. The van der Waals surface area contributed by atoms with Gasteiger partial charge in [0.05, 0.1) is 23.4 Å². The summed E-state index contributed by atoms with van der Waals surface area (Å²) in [6.07, 6.45) is 11.6. The molecule has 4 fully saturated rings. The first-order chi connectivity index (χ1) is 17.6. The Bertz CT molecular complexity index is 1170. The maximum absolute atomic E-state index is 10.3. The smallest absolute Gasteiger partial charge is 0.152 e. The molecule has 7 nitrogen and oxygen atoms in total. The monoisotopic (exact) mass is 543 g/mol. The average molecular weight is 544 g/mol. The largest absolute Gasteiger partial charge is 0.390 e. The van der Waals surface area contributed by atoms with Crippen LogP contribution in [0.2, 0.25) is 5.02 Å². The molecule has 0 amide bonds. The number of pyridine rings is 1. The molecule has 2 aliphatic carbocycles. The number of aliphatic hydroxyl groups is 2. The van der Waals surface area contributed by atoms with Crippen molar-refractivity contribution in [2.45, 2.75) is 81.4 Å². The van der Waals surface area contributed by atoms with Crippen LogP contribution in [0.15, 0.2) is 28.4 Å². The van der Waals surface area contributed by atoms with Gasteiger partial charge in [0.25, 0.3) is 0 Å². The lowest BCUT2D eigenvalue weighted by Crippen LogP contribution is -2.56. The molecule has 1 atom stereocenters. The van der Waals surface area contributed by atoms with E-state index in [0.717, 1.165) is 48.6 Å². The van der Waals surface area contributed by atoms with Crippen LogP contribution in [0.3, 0.4) is 0 Å². The second-order valence-electron chi connectivity index (χ2n) is 12.4. The van der Waals surface area contributed by atoms with E-state index in [1.165, 1.54) is 50.3 Å². The van der Waals surface area contributed by atoms with Crippen molar-refractivity contribution in [1.82, 2.24) is 15.0 Å². The lowest BCUT2D eigenvalue weighted by Gasteiger charge is -2.46. The zero-order valence-electron chi connectivity index (χ0n) is 22.1. The van der Waals surface area contributed by atoms with Crippen molar-refractivity contribution in [2.24, 2.45) is 22.7 Å². The molecule has 4 heterocycles. The van der Waals surface area contributed by atoms with Crippen LogP contribution in [0.1, 0.15) is 65.0 Å².